The molecule has 3 rings (SSSR count). The first-order chi connectivity index (χ1) is 11.3. The van der Waals surface area contributed by atoms with E-state index < -0.39 is 0 Å². The molecule has 5 nitrogen and oxygen atoms in total. The highest BCUT2D eigenvalue weighted by atomic mass is 16.1. The second-order valence-electron chi connectivity index (χ2n) is 5.24. The van der Waals surface area contributed by atoms with E-state index in [9.17, 15) is 4.79 Å². The maximum absolute atomic E-state index is 12.5. The average molecular weight is 306 g/mol. The van der Waals surface area contributed by atoms with Crippen LogP contribution in [0.2, 0.25) is 0 Å². The van der Waals surface area contributed by atoms with Crippen molar-refractivity contribution in [3.05, 3.63) is 72.9 Å². The highest BCUT2D eigenvalue weighted by Gasteiger charge is 2.18. The van der Waals surface area contributed by atoms with Gasteiger partial charge in [-0.1, -0.05) is 37.3 Å². The fraction of sp³-hybridized carbons (Fsp3) is 0.167. The van der Waals surface area contributed by atoms with Crippen LogP contribution in [0.5, 0.6) is 0 Å². The summed E-state index contributed by atoms with van der Waals surface area (Å²) in [4.78, 5) is 20.8. The number of amides is 1. The van der Waals surface area contributed by atoms with Gasteiger partial charge in [0.1, 0.15) is 12.1 Å². The van der Waals surface area contributed by atoms with E-state index in [1.807, 2.05) is 60.2 Å². The standard InChI is InChI=1S/C18H18N4O/c1-2-16(14-6-4-3-5-7-14)18(23)21-15-8-9-17(20-12-15)22-11-10-19-13-22/h3-13,16H,2H2,1H3,(H,21,23)/t16-/m1/s1. The van der Waals surface area contributed by atoms with Crippen molar-refractivity contribution in [3.8, 4) is 5.82 Å². The molecule has 1 aromatic carbocycles. The van der Waals surface area contributed by atoms with E-state index in [0.29, 0.717) is 5.69 Å². The van der Waals surface area contributed by atoms with E-state index in [1.165, 1.54) is 0 Å². The van der Waals surface area contributed by atoms with Crippen LogP contribution < -0.4 is 5.32 Å². The number of carbonyl (C=O) groups excluding carboxylic acids is 1. The summed E-state index contributed by atoms with van der Waals surface area (Å²) >= 11 is 0. The van der Waals surface area contributed by atoms with Gasteiger partial charge in [-0.05, 0) is 24.1 Å². The SMILES string of the molecule is CC[C@@H](C(=O)Nc1ccc(-n2ccnc2)nc1)c1ccccc1. The second kappa shape index (κ2) is 6.87. The van der Waals surface area contributed by atoms with Gasteiger partial charge >= 0.3 is 0 Å². The first-order valence-corrected chi connectivity index (χ1v) is 7.58. The van der Waals surface area contributed by atoms with Crippen LogP contribution in [0, 0.1) is 0 Å². The van der Waals surface area contributed by atoms with Crippen LogP contribution >= 0.6 is 0 Å². The molecule has 0 aliphatic heterocycles. The van der Waals surface area contributed by atoms with Crippen molar-refractivity contribution in [1.82, 2.24) is 14.5 Å². The summed E-state index contributed by atoms with van der Waals surface area (Å²) < 4.78 is 1.81. The maximum atomic E-state index is 12.5. The molecule has 5 heteroatoms. The lowest BCUT2D eigenvalue weighted by Gasteiger charge is -2.15. The Morgan fingerprint density at radius 1 is 1.22 bits per heavy atom. The van der Waals surface area contributed by atoms with Gasteiger partial charge in [0, 0.05) is 12.4 Å². The summed E-state index contributed by atoms with van der Waals surface area (Å²) in [6.07, 6.45) is 7.61. The van der Waals surface area contributed by atoms with E-state index >= 15 is 0 Å². The zero-order valence-corrected chi connectivity index (χ0v) is 12.9. The monoisotopic (exact) mass is 306 g/mol. The van der Waals surface area contributed by atoms with Crippen molar-refractivity contribution in [1.29, 1.82) is 0 Å². The molecule has 0 saturated heterocycles. The molecule has 116 valence electrons. The maximum Gasteiger partial charge on any atom is 0.231 e. The number of hydrogen-bond acceptors (Lipinski definition) is 3. The van der Waals surface area contributed by atoms with E-state index in [1.54, 1.807) is 18.7 Å². The number of carbonyl (C=O) groups is 1. The van der Waals surface area contributed by atoms with Crippen molar-refractivity contribution in [3.63, 3.8) is 0 Å². The molecule has 1 amide bonds. The Bertz CT molecular complexity index is 751. The quantitative estimate of drug-likeness (QED) is 0.786. The van der Waals surface area contributed by atoms with Gasteiger partial charge in [-0.2, -0.15) is 0 Å². The highest BCUT2D eigenvalue weighted by Crippen LogP contribution is 2.21. The molecule has 0 fully saturated rings. The van der Waals surface area contributed by atoms with Crippen LogP contribution in [0.25, 0.3) is 5.82 Å². The molecule has 0 aliphatic rings. The molecule has 0 bridgehead atoms. The number of aromatic nitrogens is 3. The van der Waals surface area contributed by atoms with Gasteiger partial charge in [0.2, 0.25) is 5.91 Å². The molecular weight excluding hydrogens is 288 g/mol. The number of anilines is 1. The van der Waals surface area contributed by atoms with Crippen LogP contribution in [0.15, 0.2) is 67.4 Å². The van der Waals surface area contributed by atoms with Gasteiger partial charge in [0.15, 0.2) is 0 Å². The normalized spacial score (nSPS) is 11.9. The smallest absolute Gasteiger partial charge is 0.231 e. The fourth-order valence-corrected chi connectivity index (χ4v) is 2.49. The predicted octanol–water partition coefficient (Wildman–Crippen LogP) is 3.40. The Morgan fingerprint density at radius 3 is 2.65 bits per heavy atom. The van der Waals surface area contributed by atoms with Crippen molar-refractivity contribution in [2.45, 2.75) is 19.3 Å². The minimum absolute atomic E-state index is 0.0177. The van der Waals surface area contributed by atoms with E-state index in [2.05, 4.69) is 15.3 Å². The number of benzene rings is 1. The van der Waals surface area contributed by atoms with E-state index in [0.717, 1.165) is 17.8 Å². The molecule has 1 atom stereocenters. The Kier molecular flexibility index (Phi) is 4.47. The first kappa shape index (κ1) is 15.0. The van der Waals surface area contributed by atoms with Gasteiger partial charge in [0.05, 0.1) is 17.8 Å². The zero-order valence-electron chi connectivity index (χ0n) is 12.9. The summed E-state index contributed by atoms with van der Waals surface area (Å²) in [7, 11) is 0. The minimum Gasteiger partial charge on any atom is -0.324 e. The van der Waals surface area contributed by atoms with Crippen molar-refractivity contribution in [2.75, 3.05) is 5.32 Å². The van der Waals surface area contributed by atoms with Gasteiger partial charge in [-0.15, -0.1) is 0 Å². The molecule has 0 spiro atoms. The molecule has 1 N–H and O–H groups in total. The molecule has 3 aromatic rings. The van der Waals surface area contributed by atoms with Crippen LogP contribution in [0.4, 0.5) is 5.69 Å². The lowest BCUT2D eigenvalue weighted by atomic mass is 9.95. The largest absolute Gasteiger partial charge is 0.324 e. The molecule has 2 aromatic heterocycles. The van der Waals surface area contributed by atoms with Crippen LogP contribution in [-0.4, -0.2) is 20.4 Å². The van der Waals surface area contributed by atoms with Crippen molar-refractivity contribution >= 4 is 11.6 Å². The average Bonchev–Trinajstić information content (AvgIpc) is 3.12. The Hall–Kier alpha value is -2.95. The topological polar surface area (TPSA) is 59.8 Å². The molecule has 0 radical (unpaired) electrons. The van der Waals surface area contributed by atoms with Crippen LogP contribution in [0.3, 0.4) is 0 Å². The zero-order chi connectivity index (χ0) is 16.1. The summed E-state index contributed by atoms with van der Waals surface area (Å²) in [6, 6.07) is 13.5. The van der Waals surface area contributed by atoms with E-state index in [4.69, 9.17) is 0 Å². The van der Waals surface area contributed by atoms with Gasteiger partial charge in [-0.3, -0.25) is 9.36 Å². The van der Waals surface area contributed by atoms with Crippen LogP contribution in [0.1, 0.15) is 24.8 Å². The number of nitrogens with zero attached hydrogens (tertiary/aromatic N) is 3. The summed E-state index contributed by atoms with van der Waals surface area (Å²) in [5.74, 6) is 0.580. The molecular formula is C18H18N4O. The number of rotatable bonds is 5. The molecule has 0 saturated carbocycles. The molecule has 2 heterocycles. The third kappa shape index (κ3) is 3.45. The fourth-order valence-electron chi connectivity index (χ4n) is 2.49. The number of imidazole rings is 1. The summed E-state index contributed by atoms with van der Waals surface area (Å²) in [5, 5.41) is 2.94. The molecule has 23 heavy (non-hydrogen) atoms. The summed E-state index contributed by atoms with van der Waals surface area (Å²) in [5.41, 5.74) is 1.71. The van der Waals surface area contributed by atoms with Gasteiger partial charge in [0.25, 0.3) is 0 Å². The lowest BCUT2D eigenvalue weighted by molar-refractivity contribution is -0.117. The molecule has 0 unspecified atom stereocenters. The number of nitrogens with one attached hydrogen (secondary N) is 1. The Labute approximate surface area is 135 Å². The predicted molar refractivity (Wildman–Crippen MR) is 89.5 cm³/mol. The summed E-state index contributed by atoms with van der Waals surface area (Å²) in [6.45, 7) is 2.01. The van der Waals surface area contributed by atoms with Crippen molar-refractivity contribution < 1.29 is 4.79 Å². The number of hydrogen-bond donors (Lipinski definition) is 1. The van der Waals surface area contributed by atoms with Crippen LogP contribution in [-0.2, 0) is 4.79 Å². The first-order valence-electron chi connectivity index (χ1n) is 7.58. The van der Waals surface area contributed by atoms with Gasteiger partial charge < -0.3 is 5.32 Å². The lowest BCUT2D eigenvalue weighted by Crippen LogP contribution is -2.20. The van der Waals surface area contributed by atoms with E-state index in [-0.39, 0.29) is 11.8 Å². The highest BCUT2D eigenvalue weighted by molar-refractivity contribution is 5.95. The third-order valence-corrected chi connectivity index (χ3v) is 3.71. The second-order valence-corrected chi connectivity index (χ2v) is 5.24. The molecule has 0 aliphatic carbocycles. The third-order valence-electron chi connectivity index (χ3n) is 3.71. The van der Waals surface area contributed by atoms with Crippen molar-refractivity contribution in [2.24, 2.45) is 0 Å². The Balaban J connectivity index is 1.72. The minimum atomic E-state index is -0.162. The Morgan fingerprint density at radius 2 is 2.04 bits per heavy atom. The number of pyridine rings is 1. The van der Waals surface area contributed by atoms with Gasteiger partial charge in [-0.25, -0.2) is 9.97 Å².